The van der Waals surface area contributed by atoms with E-state index in [2.05, 4.69) is 23.3 Å². The van der Waals surface area contributed by atoms with Crippen LogP contribution in [0.4, 0.5) is 5.00 Å². The Hall–Kier alpha value is -2.65. The Bertz CT molecular complexity index is 995. The summed E-state index contributed by atoms with van der Waals surface area (Å²) in [6, 6.07) is 10.0. The van der Waals surface area contributed by atoms with Gasteiger partial charge in [0.25, 0.3) is 0 Å². The van der Waals surface area contributed by atoms with Gasteiger partial charge in [0.2, 0.25) is 5.91 Å². The number of nitrogens with one attached hydrogen (secondary N) is 1. The van der Waals surface area contributed by atoms with E-state index in [-0.39, 0.29) is 12.5 Å². The molecular formula is C19H18N4OS. The molecule has 126 valence electrons. The molecule has 0 spiro atoms. The lowest BCUT2D eigenvalue weighted by molar-refractivity contribution is -0.116. The number of nitrogens with zero attached hydrogens (tertiary/aromatic N) is 3. The van der Waals surface area contributed by atoms with Crippen LogP contribution in [0.3, 0.4) is 0 Å². The number of aromatic nitrogens is 2. The molecule has 0 aliphatic heterocycles. The van der Waals surface area contributed by atoms with Crippen LogP contribution in [0, 0.1) is 17.2 Å². The summed E-state index contributed by atoms with van der Waals surface area (Å²) in [7, 11) is 0. The van der Waals surface area contributed by atoms with Gasteiger partial charge in [0.1, 0.15) is 17.6 Å². The normalized spacial score (nSPS) is 16.4. The Balaban J connectivity index is 1.56. The SMILES string of the molecule is C[C@@H]1CCc2c(sc(NC(=O)Cn3cnc4ccccc43)c2C#N)C1. The van der Waals surface area contributed by atoms with Gasteiger partial charge in [-0.2, -0.15) is 5.26 Å². The second kappa shape index (κ2) is 6.34. The predicted molar refractivity (Wildman–Crippen MR) is 98.6 cm³/mol. The van der Waals surface area contributed by atoms with Crippen molar-refractivity contribution in [2.45, 2.75) is 32.7 Å². The summed E-state index contributed by atoms with van der Waals surface area (Å²) in [5.41, 5.74) is 3.58. The van der Waals surface area contributed by atoms with Crippen LogP contribution >= 0.6 is 11.3 Å². The fourth-order valence-corrected chi connectivity index (χ4v) is 4.79. The summed E-state index contributed by atoms with van der Waals surface area (Å²) in [5, 5.41) is 13.2. The molecule has 6 heteroatoms. The van der Waals surface area contributed by atoms with Crippen LogP contribution in [0.25, 0.3) is 11.0 Å². The van der Waals surface area contributed by atoms with Gasteiger partial charge in [-0.3, -0.25) is 4.79 Å². The van der Waals surface area contributed by atoms with Crippen molar-refractivity contribution in [3.63, 3.8) is 0 Å². The molecule has 0 saturated heterocycles. The van der Waals surface area contributed by atoms with E-state index in [0.717, 1.165) is 35.9 Å². The molecule has 2 aromatic heterocycles. The number of anilines is 1. The monoisotopic (exact) mass is 350 g/mol. The zero-order chi connectivity index (χ0) is 17.4. The van der Waals surface area contributed by atoms with Crippen LogP contribution in [0.2, 0.25) is 0 Å². The number of para-hydroxylation sites is 2. The lowest BCUT2D eigenvalue weighted by Gasteiger charge is -2.17. The number of amides is 1. The van der Waals surface area contributed by atoms with Crippen LogP contribution in [0.15, 0.2) is 30.6 Å². The van der Waals surface area contributed by atoms with E-state index in [9.17, 15) is 10.1 Å². The first kappa shape index (κ1) is 15.9. The largest absolute Gasteiger partial charge is 0.321 e. The lowest BCUT2D eigenvalue weighted by atomic mass is 9.89. The highest BCUT2D eigenvalue weighted by Gasteiger charge is 2.24. The first-order chi connectivity index (χ1) is 12.2. The number of carbonyl (C=O) groups is 1. The summed E-state index contributed by atoms with van der Waals surface area (Å²) in [5.74, 6) is 0.504. The molecule has 1 aliphatic rings. The first-order valence-electron chi connectivity index (χ1n) is 8.40. The first-order valence-corrected chi connectivity index (χ1v) is 9.21. The maximum absolute atomic E-state index is 12.5. The molecule has 1 amide bonds. The number of carbonyl (C=O) groups excluding carboxylic acids is 1. The maximum atomic E-state index is 12.5. The Morgan fingerprint density at radius 1 is 1.48 bits per heavy atom. The number of nitriles is 1. The topological polar surface area (TPSA) is 70.7 Å². The zero-order valence-electron chi connectivity index (χ0n) is 14.0. The second-order valence-electron chi connectivity index (χ2n) is 6.58. The van der Waals surface area contributed by atoms with Gasteiger partial charge in [-0.25, -0.2) is 4.98 Å². The van der Waals surface area contributed by atoms with E-state index in [1.54, 1.807) is 17.7 Å². The molecule has 1 N–H and O–H groups in total. The summed E-state index contributed by atoms with van der Waals surface area (Å²) in [6.45, 7) is 2.42. The molecule has 5 nitrogen and oxygen atoms in total. The van der Waals surface area contributed by atoms with Gasteiger partial charge in [0, 0.05) is 4.88 Å². The molecule has 2 heterocycles. The van der Waals surface area contributed by atoms with Gasteiger partial charge >= 0.3 is 0 Å². The van der Waals surface area contributed by atoms with E-state index in [0.29, 0.717) is 16.5 Å². The molecule has 1 atom stereocenters. The highest BCUT2D eigenvalue weighted by molar-refractivity contribution is 7.16. The van der Waals surface area contributed by atoms with Crippen molar-refractivity contribution < 1.29 is 4.79 Å². The number of hydrogen-bond acceptors (Lipinski definition) is 4. The van der Waals surface area contributed by atoms with Crippen molar-refractivity contribution in [3.05, 3.63) is 46.6 Å². The van der Waals surface area contributed by atoms with Gasteiger partial charge in [-0.05, 0) is 42.9 Å². The Labute approximate surface area is 149 Å². The molecular weight excluding hydrogens is 332 g/mol. The standard InChI is InChI=1S/C19H18N4OS/c1-12-6-7-13-14(9-20)19(25-17(13)8-12)22-18(24)10-23-11-21-15-4-2-3-5-16(15)23/h2-5,11-12H,6-8,10H2,1H3,(H,22,24)/t12-/m1/s1. The third-order valence-corrected chi connectivity index (χ3v) is 5.89. The molecule has 0 unspecified atom stereocenters. The third kappa shape index (κ3) is 2.92. The van der Waals surface area contributed by atoms with E-state index >= 15 is 0 Å². The summed E-state index contributed by atoms with van der Waals surface area (Å²) >= 11 is 1.56. The zero-order valence-corrected chi connectivity index (χ0v) is 14.8. The number of thiophene rings is 1. The molecule has 1 aliphatic carbocycles. The fourth-order valence-electron chi connectivity index (χ4n) is 3.41. The quantitative estimate of drug-likeness (QED) is 0.782. The summed E-state index contributed by atoms with van der Waals surface area (Å²) < 4.78 is 1.83. The van der Waals surface area contributed by atoms with Gasteiger partial charge in [-0.15, -0.1) is 11.3 Å². The molecule has 25 heavy (non-hydrogen) atoms. The van der Waals surface area contributed by atoms with Gasteiger partial charge in [-0.1, -0.05) is 19.1 Å². The van der Waals surface area contributed by atoms with Crippen molar-refractivity contribution in [1.29, 1.82) is 5.26 Å². The average Bonchev–Trinajstić information content (AvgIpc) is 3.15. The maximum Gasteiger partial charge on any atom is 0.245 e. The minimum Gasteiger partial charge on any atom is -0.321 e. The third-order valence-electron chi connectivity index (χ3n) is 4.72. The number of rotatable bonds is 3. The van der Waals surface area contributed by atoms with E-state index in [1.165, 1.54) is 4.88 Å². The van der Waals surface area contributed by atoms with Crippen LogP contribution in [0.1, 0.15) is 29.3 Å². The summed E-state index contributed by atoms with van der Waals surface area (Å²) in [6.07, 6.45) is 4.71. The average molecular weight is 350 g/mol. The van der Waals surface area contributed by atoms with Crippen LogP contribution in [-0.4, -0.2) is 15.5 Å². The molecule has 0 radical (unpaired) electrons. The number of hydrogen-bond donors (Lipinski definition) is 1. The summed E-state index contributed by atoms with van der Waals surface area (Å²) in [4.78, 5) is 18.1. The van der Waals surface area contributed by atoms with E-state index < -0.39 is 0 Å². The van der Waals surface area contributed by atoms with Crippen molar-refractivity contribution >= 4 is 33.3 Å². The highest BCUT2D eigenvalue weighted by atomic mass is 32.1. The minimum absolute atomic E-state index is 0.133. The lowest BCUT2D eigenvalue weighted by Crippen LogP contribution is -2.18. The van der Waals surface area contributed by atoms with Crippen molar-refractivity contribution in [2.75, 3.05) is 5.32 Å². The molecule has 1 aromatic carbocycles. The molecule has 0 saturated carbocycles. The number of benzene rings is 1. The molecule has 4 rings (SSSR count). The fraction of sp³-hybridized carbons (Fsp3) is 0.316. The van der Waals surface area contributed by atoms with Gasteiger partial charge < -0.3 is 9.88 Å². The molecule has 0 bridgehead atoms. The Morgan fingerprint density at radius 3 is 3.16 bits per heavy atom. The second-order valence-corrected chi connectivity index (χ2v) is 7.68. The van der Waals surface area contributed by atoms with E-state index in [1.807, 2.05) is 28.8 Å². The van der Waals surface area contributed by atoms with E-state index in [4.69, 9.17) is 0 Å². The molecule has 3 aromatic rings. The number of imidazole rings is 1. The van der Waals surface area contributed by atoms with Crippen molar-refractivity contribution in [1.82, 2.24) is 9.55 Å². The van der Waals surface area contributed by atoms with Crippen LogP contribution < -0.4 is 5.32 Å². The Morgan fingerprint density at radius 2 is 2.32 bits per heavy atom. The van der Waals surface area contributed by atoms with Gasteiger partial charge in [0.05, 0.1) is 22.9 Å². The minimum atomic E-state index is -0.133. The van der Waals surface area contributed by atoms with Crippen LogP contribution in [0.5, 0.6) is 0 Å². The predicted octanol–water partition coefficient (Wildman–Crippen LogP) is 3.73. The van der Waals surface area contributed by atoms with Crippen LogP contribution in [-0.2, 0) is 24.2 Å². The molecule has 0 fully saturated rings. The smallest absolute Gasteiger partial charge is 0.245 e. The number of fused-ring (bicyclic) bond motifs is 2. The van der Waals surface area contributed by atoms with Gasteiger partial charge in [0.15, 0.2) is 0 Å². The van der Waals surface area contributed by atoms with Crippen molar-refractivity contribution in [2.24, 2.45) is 5.92 Å². The Kier molecular flexibility index (Phi) is 4.02. The highest BCUT2D eigenvalue weighted by Crippen LogP contribution is 2.39. The van der Waals surface area contributed by atoms with Crippen molar-refractivity contribution in [3.8, 4) is 6.07 Å².